The van der Waals surface area contributed by atoms with E-state index in [4.69, 9.17) is 4.74 Å². The Morgan fingerprint density at radius 1 is 1.36 bits per heavy atom. The molecule has 0 spiro atoms. The van der Waals surface area contributed by atoms with Crippen LogP contribution in [-0.4, -0.2) is 6.61 Å². The third kappa shape index (κ3) is 9.70. The molecule has 65 valence electrons. The summed E-state index contributed by atoms with van der Waals surface area (Å²) in [4.78, 5) is 0. The number of unbranched alkanes of at least 4 members (excludes halogenated alkanes) is 1. The van der Waals surface area contributed by atoms with Crippen LogP contribution in [-0.2, 0) is 4.74 Å². The van der Waals surface area contributed by atoms with Gasteiger partial charge in [0.2, 0.25) is 0 Å². The zero-order chi connectivity index (χ0) is 8.53. The first-order chi connectivity index (χ1) is 5.27. The Kier molecular flexibility index (Phi) is 7.59. The average Bonchev–Trinajstić information content (AvgIpc) is 1.96. The van der Waals surface area contributed by atoms with E-state index in [2.05, 4.69) is 26.8 Å². The summed E-state index contributed by atoms with van der Waals surface area (Å²) in [7, 11) is 0. The van der Waals surface area contributed by atoms with E-state index >= 15 is 0 Å². The van der Waals surface area contributed by atoms with E-state index in [0.717, 1.165) is 25.9 Å². The highest BCUT2D eigenvalue weighted by molar-refractivity contribution is 4.92. The predicted octanol–water partition coefficient (Wildman–Crippen LogP) is 3.32. The van der Waals surface area contributed by atoms with Crippen molar-refractivity contribution < 1.29 is 4.74 Å². The maximum Gasteiger partial charge on any atom is 0.0833 e. The summed E-state index contributed by atoms with van der Waals surface area (Å²) in [5.41, 5.74) is 1.39. The molecule has 0 heterocycles. The van der Waals surface area contributed by atoms with E-state index in [1.807, 2.05) is 6.61 Å². The fraction of sp³-hybridized carbons (Fsp3) is 0.700. The number of hydrogen-bond acceptors (Lipinski definition) is 1. The first-order valence-corrected chi connectivity index (χ1v) is 4.34. The third-order valence-corrected chi connectivity index (χ3v) is 1.30. The molecule has 0 aromatic heterocycles. The van der Waals surface area contributed by atoms with Crippen molar-refractivity contribution in [3.05, 3.63) is 18.3 Å². The first kappa shape index (κ1) is 10.7. The second kappa shape index (κ2) is 7.80. The Balaban J connectivity index is 2.97. The van der Waals surface area contributed by atoms with Crippen LogP contribution in [0.3, 0.4) is 0 Å². The summed E-state index contributed by atoms with van der Waals surface area (Å²) in [6.45, 7) is 9.05. The average molecular weight is 155 g/mol. The largest absolute Gasteiger partial charge is 0.376 e. The van der Waals surface area contributed by atoms with Gasteiger partial charge in [0.15, 0.2) is 0 Å². The van der Waals surface area contributed by atoms with Gasteiger partial charge in [0, 0.05) is 6.61 Å². The minimum atomic E-state index is 0.859. The lowest BCUT2D eigenvalue weighted by molar-refractivity contribution is 0.191. The molecule has 0 atom stereocenters. The summed E-state index contributed by atoms with van der Waals surface area (Å²) in [6, 6.07) is 0. The topological polar surface area (TPSA) is 9.23 Å². The van der Waals surface area contributed by atoms with Gasteiger partial charge >= 0.3 is 0 Å². The van der Waals surface area contributed by atoms with Crippen LogP contribution in [0.5, 0.6) is 0 Å². The molecule has 0 saturated carbocycles. The Morgan fingerprint density at radius 3 is 2.64 bits per heavy atom. The van der Waals surface area contributed by atoms with Crippen LogP contribution in [0.15, 0.2) is 11.6 Å². The van der Waals surface area contributed by atoms with Crippen molar-refractivity contribution in [1.29, 1.82) is 0 Å². The van der Waals surface area contributed by atoms with Crippen LogP contribution in [0.1, 0.15) is 40.0 Å². The molecule has 0 bridgehead atoms. The molecule has 0 rings (SSSR count). The fourth-order valence-corrected chi connectivity index (χ4v) is 0.759. The van der Waals surface area contributed by atoms with Crippen LogP contribution in [0, 0.1) is 6.61 Å². The summed E-state index contributed by atoms with van der Waals surface area (Å²) in [5.74, 6) is 0. The van der Waals surface area contributed by atoms with Gasteiger partial charge in [-0.25, -0.2) is 0 Å². The van der Waals surface area contributed by atoms with E-state index in [-0.39, 0.29) is 0 Å². The van der Waals surface area contributed by atoms with Crippen molar-refractivity contribution in [1.82, 2.24) is 0 Å². The summed E-state index contributed by atoms with van der Waals surface area (Å²) in [5, 5.41) is 0. The SMILES string of the molecule is CC[CH]OCCCC=C(C)C. The lowest BCUT2D eigenvalue weighted by Gasteiger charge is -1.98. The molecule has 0 fully saturated rings. The molecule has 0 aliphatic heterocycles. The zero-order valence-electron chi connectivity index (χ0n) is 7.89. The van der Waals surface area contributed by atoms with Gasteiger partial charge in [0.25, 0.3) is 0 Å². The minimum absolute atomic E-state index is 0.859. The van der Waals surface area contributed by atoms with Gasteiger partial charge in [-0.15, -0.1) is 0 Å². The van der Waals surface area contributed by atoms with Crippen molar-refractivity contribution in [2.24, 2.45) is 0 Å². The molecule has 0 aliphatic rings. The quantitative estimate of drug-likeness (QED) is 0.422. The second-order valence-corrected chi connectivity index (χ2v) is 2.87. The van der Waals surface area contributed by atoms with Gasteiger partial charge in [0.1, 0.15) is 0 Å². The van der Waals surface area contributed by atoms with E-state index in [1.165, 1.54) is 5.57 Å². The van der Waals surface area contributed by atoms with Gasteiger partial charge in [0.05, 0.1) is 6.61 Å². The Morgan fingerprint density at radius 2 is 2.09 bits per heavy atom. The van der Waals surface area contributed by atoms with Crippen molar-refractivity contribution >= 4 is 0 Å². The van der Waals surface area contributed by atoms with Gasteiger partial charge in [-0.05, 0) is 33.1 Å². The van der Waals surface area contributed by atoms with Crippen LogP contribution < -0.4 is 0 Å². The molecule has 1 nitrogen and oxygen atoms in total. The standard InChI is InChI=1S/C10H19O/c1-4-8-11-9-6-5-7-10(2)3/h7-8H,4-6,9H2,1-3H3. The van der Waals surface area contributed by atoms with Crippen molar-refractivity contribution in [3.63, 3.8) is 0 Å². The Labute approximate surface area is 70.4 Å². The van der Waals surface area contributed by atoms with Crippen molar-refractivity contribution in [3.8, 4) is 0 Å². The molecule has 1 heteroatoms. The highest BCUT2D eigenvalue weighted by atomic mass is 16.5. The number of ether oxygens (including phenoxy) is 1. The molecular formula is C10H19O. The monoisotopic (exact) mass is 155 g/mol. The lowest BCUT2D eigenvalue weighted by Crippen LogP contribution is -1.89. The summed E-state index contributed by atoms with van der Waals surface area (Å²) >= 11 is 0. The highest BCUT2D eigenvalue weighted by Gasteiger charge is 1.85. The van der Waals surface area contributed by atoms with E-state index < -0.39 is 0 Å². The highest BCUT2D eigenvalue weighted by Crippen LogP contribution is 1.98. The smallest absolute Gasteiger partial charge is 0.0833 e. The number of rotatable bonds is 6. The van der Waals surface area contributed by atoms with E-state index in [1.54, 1.807) is 0 Å². The third-order valence-electron chi connectivity index (χ3n) is 1.30. The van der Waals surface area contributed by atoms with Gasteiger partial charge in [-0.3, -0.25) is 0 Å². The van der Waals surface area contributed by atoms with Crippen LogP contribution in [0.2, 0.25) is 0 Å². The number of allylic oxidation sites excluding steroid dienone is 2. The van der Waals surface area contributed by atoms with Gasteiger partial charge in [-0.2, -0.15) is 0 Å². The second-order valence-electron chi connectivity index (χ2n) is 2.87. The van der Waals surface area contributed by atoms with Gasteiger partial charge in [-0.1, -0.05) is 18.6 Å². The zero-order valence-corrected chi connectivity index (χ0v) is 7.89. The molecule has 11 heavy (non-hydrogen) atoms. The molecular weight excluding hydrogens is 136 g/mol. The van der Waals surface area contributed by atoms with Crippen molar-refractivity contribution in [2.45, 2.75) is 40.0 Å². The van der Waals surface area contributed by atoms with Gasteiger partial charge < -0.3 is 4.74 Å². The predicted molar refractivity (Wildman–Crippen MR) is 49.2 cm³/mol. The lowest BCUT2D eigenvalue weighted by atomic mass is 10.2. The molecule has 0 aliphatic carbocycles. The summed E-state index contributed by atoms with van der Waals surface area (Å²) < 4.78 is 5.21. The number of hydrogen-bond donors (Lipinski definition) is 0. The first-order valence-electron chi connectivity index (χ1n) is 4.34. The van der Waals surface area contributed by atoms with Crippen molar-refractivity contribution in [2.75, 3.05) is 6.61 Å². The maximum absolute atomic E-state index is 5.21. The van der Waals surface area contributed by atoms with Crippen LogP contribution in [0.25, 0.3) is 0 Å². The Bertz CT molecular complexity index is 101. The maximum atomic E-state index is 5.21. The van der Waals surface area contributed by atoms with E-state index in [9.17, 15) is 0 Å². The molecule has 0 amide bonds. The van der Waals surface area contributed by atoms with E-state index in [0.29, 0.717) is 0 Å². The normalized spacial score (nSPS) is 9.73. The van der Waals surface area contributed by atoms with Crippen LogP contribution in [0.4, 0.5) is 0 Å². The molecule has 0 aromatic carbocycles. The molecule has 0 aromatic rings. The fourth-order valence-electron chi connectivity index (χ4n) is 0.759. The molecule has 0 N–H and O–H groups in total. The molecule has 0 saturated heterocycles. The Hall–Kier alpha value is -0.300. The molecule has 1 radical (unpaired) electrons. The molecule has 0 unspecified atom stereocenters. The summed E-state index contributed by atoms with van der Waals surface area (Å²) in [6.07, 6.45) is 5.51. The van der Waals surface area contributed by atoms with Crippen LogP contribution >= 0.6 is 0 Å². The minimum Gasteiger partial charge on any atom is -0.376 e.